The molecule has 1 rings (SSSR count). The maximum Gasteiger partial charge on any atom is 0.134 e. The van der Waals surface area contributed by atoms with Gasteiger partial charge in [0, 0.05) is 6.42 Å². The first-order valence-corrected chi connectivity index (χ1v) is 4.66. The average Bonchev–Trinajstić information content (AvgIpc) is 2.09. The lowest BCUT2D eigenvalue weighted by atomic mass is 10.0. The SMILES string of the molecule is COC1=C(Br)/C(=N\CO)CCC1. The van der Waals surface area contributed by atoms with E-state index in [1.54, 1.807) is 7.11 Å². The average molecular weight is 234 g/mol. The molecule has 0 amide bonds. The van der Waals surface area contributed by atoms with Gasteiger partial charge in [-0.1, -0.05) is 0 Å². The van der Waals surface area contributed by atoms with Crippen molar-refractivity contribution in [1.29, 1.82) is 0 Å². The molecule has 1 N–H and O–H groups in total. The van der Waals surface area contributed by atoms with Crippen molar-refractivity contribution in [3.8, 4) is 0 Å². The van der Waals surface area contributed by atoms with E-state index < -0.39 is 0 Å². The molecule has 0 heterocycles. The number of hydrogen-bond donors (Lipinski definition) is 1. The van der Waals surface area contributed by atoms with Gasteiger partial charge in [-0.2, -0.15) is 0 Å². The zero-order valence-electron chi connectivity index (χ0n) is 7.01. The molecule has 12 heavy (non-hydrogen) atoms. The van der Waals surface area contributed by atoms with Crippen molar-refractivity contribution < 1.29 is 9.84 Å². The smallest absolute Gasteiger partial charge is 0.134 e. The first-order chi connectivity index (χ1) is 5.79. The van der Waals surface area contributed by atoms with Crippen LogP contribution in [0.25, 0.3) is 0 Å². The molecule has 68 valence electrons. The predicted molar refractivity (Wildman–Crippen MR) is 51.3 cm³/mol. The number of aliphatic imine (C=N–C) groups is 1. The summed E-state index contributed by atoms with van der Waals surface area (Å²) in [5, 5.41) is 8.62. The molecule has 0 spiro atoms. The zero-order chi connectivity index (χ0) is 8.97. The van der Waals surface area contributed by atoms with Crippen LogP contribution in [0.4, 0.5) is 0 Å². The Balaban J connectivity index is 2.84. The lowest BCUT2D eigenvalue weighted by Gasteiger charge is -2.16. The normalized spacial score (nSPS) is 21.8. The highest BCUT2D eigenvalue weighted by Gasteiger charge is 2.16. The van der Waals surface area contributed by atoms with E-state index in [2.05, 4.69) is 20.9 Å². The fourth-order valence-corrected chi connectivity index (χ4v) is 1.91. The summed E-state index contributed by atoms with van der Waals surface area (Å²) in [5.41, 5.74) is 0.903. The number of ether oxygens (including phenoxy) is 1. The minimum atomic E-state index is -0.151. The van der Waals surface area contributed by atoms with Crippen LogP contribution in [0.5, 0.6) is 0 Å². The fraction of sp³-hybridized carbons (Fsp3) is 0.625. The van der Waals surface area contributed by atoms with E-state index in [0.717, 1.165) is 35.2 Å². The van der Waals surface area contributed by atoms with E-state index in [0.29, 0.717) is 0 Å². The van der Waals surface area contributed by atoms with E-state index in [1.165, 1.54) is 0 Å². The van der Waals surface area contributed by atoms with Gasteiger partial charge in [0.2, 0.25) is 0 Å². The van der Waals surface area contributed by atoms with Gasteiger partial charge in [-0.25, -0.2) is 0 Å². The Morgan fingerprint density at radius 1 is 1.58 bits per heavy atom. The standard InChI is InChI=1S/C8H12BrNO2/c1-12-7-4-2-3-6(8(7)9)10-5-11/h11H,2-5H2,1H3/b10-6-. The molecule has 0 saturated heterocycles. The summed E-state index contributed by atoms with van der Waals surface area (Å²) in [6, 6.07) is 0. The Hall–Kier alpha value is -0.350. The number of halogens is 1. The highest BCUT2D eigenvalue weighted by Crippen LogP contribution is 2.27. The van der Waals surface area contributed by atoms with Crippen LogP contribution < -0.4 is 0 Å². The Morgan fingerprint density at radius 3 is 2.92 bits per heavy atom. The van der Waals surface area contributed by atoms with Crippen LogP contribution in [0, 0.1) is 0 Å². The van der Waals surface area contributed by atoms with Crippen molar-refractivity contribution in [3.05, 3.63) is 10.2 Å². The van der Waals surface area contributed by atoms with Crippen molar-refractivity contribution in [3.63, 3.8) is 0 Å². The third kappa shape index (κ3) is 2.08. The van der Waals surface area contributed by atoms with E-state index >= 15 is 0 Å². The Labute approximate surface area is 80.3 Å². The minimum absolute atomic E-state index is 0.151. The van der Waals surface area contributed by atoms with E-state index in [1.807, 2.05) is 0 Å². The van der Waals surface area contributed by atoms with Gasteiger partial charge in [0.05, 0.1) is 17.3 Å². The van der Waals surface area contributed by atoms with Crippen molar-refractivity contribution in [2.24, 2.45) is 4.99 Å². The maximum atomic E-state index is 8.62. The van der Waals surface area contributed by atoms with E-state index in [4.69, 9.17) is 9.84 Å². The fourth-order valence-electron chi connectivity index (χ4n) is 1.22. The van der Waals surface area contributed by atoms with E-state index in [9.17, 15) is 0 Å². The minimum Gasteiger partial charge on any atom is -0.500 e. The molecule has 1 aliphatic carbocycles. The van der Waals surface area contributed by atoms with Crippen LogP contribution in [0.15, 0.2) is 15.2 Å². The number of hydrogen-bond acceptors (Lipinski definition) is 3. The van der Waals surface area contributed by atoms with Gasteiger partial charge >= 0.3 is 0 Å². The van der Waals surface area contributed by atoms with Crippen LogP contribution >= 0.6 is 15.9 Å². The van der Waals surface area contributed by atoms with Crippen molar-refractivity contribution >= 4 is 21.6 Å². The van der Waals surface area contributed by atoms with Crippen molar-refractivity contribution in [2.75, 3.05) is 13.8 Å². The zero-order valence-corrected chi connectivity index (χ0v) is 8.60. The lowest BCUT2D eigenvalue weighted by molar-refractivity contribution is 0.272. The van der Waals surface area contributed by atoms with Crippen molar-refractivity contribution in [2.45, 2.75) is 19.3 Å². The first-order valence-electron chi connectivity index (χ1n) is 3.86. The van der Waals surface area contributed by atoms with Gasteiger partial charge in [0.15, 0.2) is 0 Å². The highest BCUT2D eigenvalue weighted by molar-refractivity contribution is 9.12. The molecule has 0 aromatic rings. The lowest BCUT2D eigenvalue weighted by Crippen LogP contribution is -2.09. The first kappa shape index (κ1) is 9.74. The molecule has 4 heteroatoms. The van der Waals surface area contributed by atoms with Gasteiger partial charge in [-0.15, -0.1) is 0 Å². The number of methoxy groups -OCH3 is 1. The summed E-state index contributed by atoms with van der Waals surface area (Å²) in [7, 11) is 1.65. The third-order valence-corrected chi connectivity index (χ3v) is 2.72. The summed E-state index contributed by atoms with van der Waals surface area (Å²) in [6.45, 7) is -0.151. The molecule has 0 atom stereocenters. The quantitative estimate of drug-likeness (QED) is 0.791. The Kier molecular flexibility index (Phi) is 3.75. The van der Waals surface area contributed by atoms with Crippen LogP contribution in [-0.2, 0) is 4.74 Å². The molecule has 0 aromatic heterocycles. The molecule has 0 radical (unpaired) electrons. The van der Waals surface area contributed by atoms with Gasteiger partial charge < -0.3 is 9.84 Å². The molecular formula is C8H12BrNO2. The second-order valence-electron chi connectivity index (χ2n) is 2.54. The number of rotatable bonds is 2. The molecular weight excluding hydrogens is 222 g/mol. The molecule has 0 bridgehead atoms. The number of nitrogens with zero attached hydrogens (tertiary/aromatic N) is 1. The largest absolute Gasteiger partial charge is 0.500 e. The second-order valence-corrected chi connectivity index (χ2v) is 3.33. The molecule has 3 nitrogen and oxygen atoms in total. The summed E-state index contributed by atoms with van der Waals surface area (Å²) in [5.74, 6) is 0.924. The molecule has 0 saturated carbocycles. The maximum absolute atomic E-state index is 8.62. The summed E-state index contributed by atoms with van der Waals surface area (Å²) < 4.78 is 6.06. The van der Waals surface area contributed by atoms with Gasteiger partial charge in [-0.3, -0.25) is 4.99 Å². The molecule has 0 aliphatic heterocycles. The molecule has 0 unspecified atom stereocenters. The number of aliphatic hydroxyl groups is 1. The monoisotopic (exact) mass is 233 g/mol. The number of allylic oxidation sites excluding steroid dienone is 2. The van der Waals surface area contributed by atoms with Gasteiger partial charge in [0.25, 0.3) is 0 Å². The Morgan fingerprint density at radius 2 is 2.33 bits per heavy atom. The summed E-state index contributed by atoms with van der Waals surface area (Å²) >= 11 is 3.40. The van der Waals surface area contributed by atoms with Gasteiger partial charge in [-0.05, 0) is 28.8 Å². The predicted octanol–water partition coefficient (Wildman–Crippen LogP) is 1.81. The van der Waals surface area contributed by atoms with E-state index in [-0.39, 0.29) is 6.73 Å². The molecule has 1 aliphatic rings. The van der Waals surface area contributed by atoms with Crippen LogP contribution in [-0.4, -0.2) is 24.7 Å². The van der Waals surface area contributed by atoms with Gasteiger partial charge in [0.1, 0.15) is 12.5 Å². The molecule has 0 fully saturated rings. The highest BCUT2D eigenvalue weighted by atomic mass is 79.9. The van der Waals surface area contributed by atoms with Crippen molar-refractivity contribution in [1.82, 2.24) is 0 Å². The molecule has 0 aromatic carbocycles. The van der Waals surface area contributed by atoms with Crippen LogP contribution in [0.2, 0.25) is 0 Å². The second kappa shape index (κ2) is 4.62. The number of aliphatic hydroxyl groups excluding tert-OH is 1. The topological polar surface area (TPSA) is 41.8 Å². The van der Waals surface area contributed by atoms with Crippen LogP contribution in [0.1, 0.15) is 19.3 Å². The Bertz CT molecular complexity index is 223. The summed E-state index contributed by atoms with van der Waals surface area (Å²) in [4.78, 5) is 3.95. The van der Waals surface area contributed by atoms with Crippen LogP contribution in [0.3, 0.4) is 0 Å². The third-order valence-electron chi connectivity index (χ3n) is 1.82. The summed E-state index contributed by atoms with van der Waals surface area (Å²) in [6.07, 6.45) is 2.90.